The predicted octanol–water partition coefficient (Wildman–Crippen LogP) is 3.27. The van der Waals surface area contributed by atoms with Crippen molar-refractivity contribution in [2.75, 3.05) is 12.3 Å². The average molecular weight is 210 g/mol. The van der Waals surface area contributed by atoms with E-state index in [0.717, 1.165) is 12.3 Å². The highest BCUT2D eigenvalue weighted by atomic mass is 32.4. The molecule has 11 heavy (non-hydrogen) atoms. The van der Waals surface area contributed by atoms with Crippen LogP contribution in [-0.2, 0) is 16.0 Å². The fraction of sp³-hybridized carbons (Fsp3) is 1.00. The molecule has 0 rings (SSSR count). The molecule has 4 heteroatoms. The molecule has 68 valence electrons. The third-order valence-electron chi connectivity index (χ3n) is 1.40. The molecular weight excluding hydrogens is 191 g/mol. The topological polar surface area (TPSA) is 9.23 Å². The van der Waals surface area contributed by atoms with Gasteiger partial charge in [-0.3, -0.25) is 0 Å². The molecule has 0 aliphatic carbocycles. The van der Waals surface area contributed by atoms with Crippen LogP contribution in [0.15, 0.2) is 0 Å². The maximum Gasteiger partial charge on any atom is 0.189 e. The molecule has 0 fully saturated rings. The summed E-state index contributed by atoms with van der Waals surface area (Å²) in [5.74, 6) is 0. The van der Waals surface area contributed by atoms with E-state index >= 15 is 0 Å². The second-order valence-corrected chi connectivity index (χ2v) is 13.5. The molecule has 0 N–H and O–H groups in total. The Labute approximate surface area is 76.8 Å². The number of rotatable bonds is 4. The van der Waals surface area contributed by atoms with Crippen molar-refractivity contribution in [3.8, 4) is 0 Å². The number of hydrogen-bond acceptors (Lipinski definition) is 2. The van der Waals surface area contributed by atoms with Crippen molar-refractivity contribution in [2.24, 2.45) is 0 Å². The molecule has 0 amide bonds. The molecule has 0 spiro atoms. The van der Waals surface area contributed by atoms with Crippen molar-refractivity contribution in [1.82, 2.24) is 0 Å². The average Bonchev–Trinajstić information content (AvgIpc) is 1.84. The van der Waals surface area contributed by atoms with E-state index < -0.39 is 14.6 Å². The summed E-state index contributed by atoms with van der Waals surface area (Å²) >= 11 is 5.48. The van der Waals surface area contributed by atoms with Crippen LogP contribution in [0.5, 0.6) is 0 Å². The summed E-state index contributed by atoms with van der Waals surface area (Å²) in [5.41, 5.74) is 0. The number of hydrogen-bond donors (Lipinski definition) is 0. The van der Waals surface area contributed by atoms with Crippen LogP contribution in [0, 0.1) is 0 Å². The SMILES string of the molecule is CCP(=S)(CC)O[Si](C)(C)C. The van der Waals surface area contributed by atoms with Crippen molar-refractivity contribution >= 4 is 26.4 Å². The van der Waals surface area contributed by atoms with Gasteiger partial charge in [0.05, 0.1) is 6.26 Å². The van der Waals surface area contributed by atoms with E-state index in [1.807, 2.05) is 0 Å². The first-order chi connectivity index (χ1) is 4.83. The van der Waals surface area contributed by atoms with Gasteiger partial charge in [-0.2, -0.15) is 0 Å². The summed E-state index contributed by atoms with van der Waals surface area (Å²) in [6.07, 6.45) is 0.682. The minimum Gasteiger partial charge on any atom is -0.389 e. The van der Waals surface area contributed by atoms with E-state index in [-0.39, 0.29) is 0 Å². The van der Waals surface area contributed by atoms with E-state index in [4.69, 9.17) is 16.0 Å². The van der Waals surface area contributed by atoms with E-state index in [1.54, 1.807) is 0 Å². The lowest BCUT2D eigenvalue weighted by Crippen LogP contribution is -2.24. The third kappa shape index (κ3) is 5.13. The smallest absolute Gasteiger partial charge is 0.189 e. The second kappa shape index (κ2) is 4.17. The molecule has 0 aromatic carbocycles. The van der Waals surface area contributed by atoms with Gasteiger partial charge in [-0.1, -0.05) is 25.7 Å². The molecule has 0 aromatic rings. The Kier molecular flexibility index (Phi) is 4.49. The Morgan fingerprint density at radius 3 is 1.64 bits per heavy atom. The van der Waals surface area contributed by atoms with Gasteiger partial charge in [0.25, 0.3) is 0 Å². The molecule has 0 saturated heterocycles. The first-order valence-electron chi connectivity index (χ1n) is 4.12. The largest absolute Gasteiger partial charge is 0.389 e. The summed E-state index contributed by atoms with van der Waals surface area (Å²) in [5, 5.41) is 0. The van der Waals surface area contributed by atoms with E-state index in [1.165, 1.54) is 0 Å². The minimum atomic E-state index is -1.41. The summed E-state index contributed by atoms with van der Waals surface area (Å²) < 4.78 is 5.99. The summed E-state index contributed by atoms with van der Waals surface area (Å²) in [6.45, 7) is 10.9. The zero-order valence-electron chi connectivity index (χ0n) is 8.18. The highest BCUT2D eigenvalue weighted by molar-refractivity contribution is 8.12. The van der Waals surface area contributed by atoms with Crippen LogP contribution in [0.25, 0.3) is 0 Å². The van der Waals surface area contributed by atoms with Gasteiger partial charge >= 0.3 is 0 Å². The van der Waals surface area contributed by atoms with Crippen LogP contribution in [0.3, 0.4) is 0 Å². The Morgan fingerprint density at radius 1 is 1.18 bits per heavy atom. The lowest BCUT2D eigenvalue weighted by atomic mass is 11.0. The Hall–Kier alpha value is 0.827. The summed E-state index contributed by atoms with van der Waals surface area (Å²) in [7, 11) is -1.39. The van der Waals surface area contributed by atoms with Gasteiger partial charge in [0.2, 0.25) is 0 Å². The van der Waals surface area contributed by atoms with Crippen molar-refractivity contribution in [2.45, 2.75) is 33.5 Å². The molecule has 0 bridgehead atoms. The molecule has 0 aliphatic heterocycles. The highest BCUT2D eigenvalue weighted by Gasteiger charge is 2.23. The van der Waals surface area contributed by atoms with Crippen LogP contribution in [-0.4, -0.2) is 20.6 Å². The standard InChI is InChI=1S/C7H19OPSSi/c1-6-9(10,7-2)8-11(3,4)5/h6-7H2,1-5H3. The van der Waals surface area contributed by atoms with Gasteiger partial charge < -0.3 is 4.21 Å². The van der Waals surface area contributed by atoms with E-state index in [0.29, 0.717) is 0 Å². The van der Waals surface area contributed by atoms with E-state index in [2.05, 4.69) is 33.5 Å². The van der Waals surface area contributed by atoms with Crippen LogP contribution >= 0.6 is 6.26 Å². The van der Waals surface area contributed by atoms with E-state index in [9.17, 15) is 0 Å². The molecule has 0 atom stereocenters. The highest BCUT2D eigenvalue weighted by Crippen LogP contribution is 2.48. The van der Waals surface area contributed by atoms with Gasteiger partial charge in [0.1, 0.15) is 0 Å². The van der Waals surface area contributed by atoms with Gasteiger partial charge in [0.15, 0.2) is 8.32 Å². The Bertz CT molecular complexity index is 156. The fourth-order valence-electron chi connectivity index (χ4n) is 0.852. The monoisotopic (exact) mass is 210 g/mol. The summed E-state index contributed by atoms with van der Waals surface area (Å²) in [6, 6.07) is 0. The van der Waals surface area contributed by atoms with Crippen molar-refractivity contribution in [1.29, 1.82) is 0 Å². The maximum absolute atomic E-state index is 5.99. The molecule has 0 aromatic heterocycles. The Morgan fingerprint density at radius 2 is 1.55 bits per heavy atom. The fourth-order valence-corrected chi connectivity index (χ4v) is 8.34. The zero-order chi connectivity index (χ0) is 9.12. The van der Waals surface area contributed by atoms with Crippen LogP contribution in [0.1, 0.15) is 13.8 Å². The first kappa shape index (κ1) is 11.8. The molecule has 0 heterocycles. The van der Waals surface area contributed by atoms with Gasteiger partial charge in [-0.05, 0) is 32.0 Å². The maximum atomic E-state index is 5.99. The molecule has 0 radical (unpaired) electrons. The third-order valence-corrected chi connectivity index (χ3v) is 9.07. The lowest BCUT2D eigenvalue weighted by molar-refractivity contribution is 0.615. The van der Waals surface area contributed by atoms with Crippen molar-refractivity contribution in [3.05, 3.63) is 0 Å². The van der Waals surface area contributed by atoms with Crippen LogP contribution in [0.4, 0.5) is 0 Å². The van der Waals surface area contributed by atoms with Crippen molar-refractivity contribution < 1.29 is 4.21 Å². The van der Waals surface area contributed by atoms with Crippen LogP contribution in [0.2, 0.25) is 19.6 Å². The normalized spacial score (nSPS) is 13.5. The molecule has 0 unspecified atom stereocenters. The lowest BCUT2D eigenvalue weighted by Gasteiger charge is -2.27. The minimum absolute atomic E-state index is 1.04. The second-order valence-electron chi connectivity index (χ2n) is 3.65. The molecule has 0 aliphatic rings. The van der Waals surface area contributed by atoms with Crippen molar-refractivity contribution in [3.63, 3.8) is 0 Å². The van der Waals surface area contributed by atoms with Gasteiger partial charge in [-0.15, -0.1) is 0 Å². The van der Waals surface area contributed by atoms with Gasteiger partial charge in [0, 0.05) is 0 Å². The zero-order valence-corrected chi connectivity index (χ0v) is 10.9. The summed E-state index contributed by atoms with van der Waals surface area (Å²) in [4.78, 5) is 0. The molecular formula is C7H19OPSSi. The molecule has 1 nitrogen and oxygen atoms in total. The van der Waals surface area contributed by atoms with Crippen LogP contribution < -0.4 is 0 Å². The first-order valence-corrected chi connectivity index (χ1v) is 10.6. The Balaban J connectivity index is 4.21. The quantitative estimate of drug-likeness (QED) is 0.520. The predicted molar refractivity (Wildman–Crippen MR) is 59.8 cm³/mol. The van der Waals surface area contributed by atoms with Gasteiger partial charge in [-0.25, -0.2) is 0 Å². The molecule has 0 saturated carbocycles.